The number of benzene rings is 1. The molecule has 1 fully saturated rings. The zero-order chi connectivity index (χ0) is 22.2. The number of piperidine rings is 1. The van der Waals surface area contributed by atoms with Crippen molar-refractivity contribution in [2.45, 2.75) is 31.7 Å². The van der Waals surface area contributed by atoms with Crippen molar-refractivity contribution in [1.29, 1.82) is 0 Å². The topological polar surface area (TPSA) is 70.0 Å². The van der Waals surface area contributed by atoms with Crippen molar-refractivity contribution in [3.05, 3.63) is 53.9 Å². The highest BCUT2D eigenvalue weighted by molar-refractivity contribution is 5.93. The Balaban J connectivity index is 1.52. The van der Waals surface area contributed by atoms with Gasteiger partial charge in [0.15, 0.2) is 11.5 Å². The Bertz CT molecular complexity index is 934. The monoisotopic (exact) mass is 426 g/mol. The summed E-state index contributed by atoms with van der Waals surface area (Å²) in [6.07, 6.45) is 8.58. The van der Waals surface area contributed by atoms with E-state index in [2.05, 4.69) is 0 Å². The first-order valence-corrected chi connectivity index (χ1v) is 10.5. The first kappa shape index (κ1) is 22.5. The van der Waals surface area contributed by atoms with Crippen LogP contribution in [0.5, 0.6) is 11.5 Å². The molecule has 7 nitrogen and oxygen atoms in total. The van der Waals surface area contributed by atoms with E-state index in [4.69, 9.17) is 14.2 Å². The fraction of sp³-hybridized carbons (Fsp3) is 0.417. The lowest BCUT2D eigenvalue weighted by Crippen LogP contribution is -2.44. The van der Waals surface area contributed by atoms with Gasteiger partial charge in [-0.05, 0) is 55.2 Å². The molecule has 1 aromatic carbocycles. The van der Waals surface area contributed by atoms with E-state index >= 15 is 0 Å². The third-order valence-electron chi connectivity index (χ3n) is 5.57. The number of carbonyl (C=O) groups excluding carboxylic acids is 2. The molecule has 1 aliphatic rings. The summed E-state index contributed by atoms with van der Waals surface area (Å²) >= 11 is 0. The van der Waals surface area contributed by atoms with E-state index in [1.165, 1.54) is 6.08 Å². The van der Waals surface area contributed by atoms with Gasteiger partial charge < -0.3 is 23.7 Å². The van der Waals surface area contributed by atoms with Crippen molar-refractivity contribution in [2.24, 2.45) is 7.05 Å². The maximum Gasteiger partial charge on any atom is 0.330 e. The van der Waals surface area contributed by atoms with Gasteiger partial charge in [0.2, 0.25) is 0 Å². The van der Waals surface area contributed by atoms with Gasteiger partial charge >= 0.3 is 5.97 Å². The zero-order valence-electron chi connectivity index (χ0n) is 18.4. The van der Waals surface area contributed by atoms with E-state index in [1.807, 2.05) is 40.9 Å². The molecule has 1 amide bonds. The number of hydrogen-bond acceptors (Lipinski definition) is 5. The van der Waals surface area contributed by atoms with Crippen molar-refractivity contribution in [3.8, 4) is 11.5 Å². The van der Waals surface area contributed by atoms with Gasteiger partial charge in [-0.3, -0.25) is 4.79 Å². The van der Waals surface area contributed by atoms with E-state index < -0.39 is 5.97 Å². The number of rotatable bonds is 8. The van der Waals surface area contributed by atoms with E-state index in [1.54, 1.807) is 32.4 Å². The Morgan fingerprint density at radius 3 is 2.65 bits per heavy atom. The van der Waals surface area contributed by atoms with Gasteiger partial charge in [0, 0.05) is 38.3 Å². The zero-order valence-corrected chi connectivity index (χ0v) is 18.4. The highest BCUT2D eigenvalue weighted by Gasteiger charge is 2.28. The van der Waals surface area contributed by atoms with Crippen molar-refractivity contribution >= 4 is 18.0 Å². The lowest BCUT2D eigenvalue weighted by atomic mass is 9.99. The lowest BCUT2D eigenvalue weighted by Gasteiger charge is -2.35. The van der Waals surface area contributed by atoms with Crippen LogP contribution in [-0.2, 0) is 16.6 Å². The van der Waals surface area contributed by atoms with E-state index in [-0.39, 0.29) is 18.6 Å². The Morgan fingerprint density at radius 1 is 1.13 bits per heavy atom. The lowest BCUT2D eigenvalue weighted by molar-refractivity contribution is -0.138. The summed E-state index contributed by atoms with van der Waals surface area (Å²) in [5.41, 5.74) is 1.49. The number of nitrogens with zero attached hydrogens (tertiary/aromatic N) is 2. The minimum absolute atomic E-state index is 0.0388. The van der Waals surface area contributed by atoms with Gasteiger partial charge in [-0.2, -0.15) is 0 Å². The molecule has 1 atom stereocenters. The highest BCUT2D eigenvalue weighted by atomic mass is 16.5. The van der Waals surface area contributed by atoms with Crippen LogP contribution < -0.4 is 9.47 Å². The summed E-state index contributed by atoms with van der Waals surface area (Å²) in [5, 5.41) is 0. The molecule has 1 saturated heterocycles. The third-order valence-corrected chi connectivity index (χ3v) is 5.57. The van der Waals surface area contributed by atoms with Gasteiger partial charge in [0.1, 0.15) is 5.69 Å². The summed E-state index contributed by atoms with van der Waals surface area (Å²) in [6, 6.07) is 9.20. The first-order chi connectivity index (χ1) is 15.0. The van der Waals surface area contributed by atoms with Crippen LogP contribution in [0.3, 0.4) is 0 Å². The molecule has 0 saturated carbocycles. The standard InChI is InChI=1S/C24H30N2O5/c1-25-14-6-8-20(25)24(28)26-15-5-4-7-19(26)13-16-31-23(27)12-10-18-9-11-21(29-2)22(17-18)30-3/h6,8-12,14,17,19H,4-5,7,13,15-16H2,1-3H3/b12-10+. The average molecular weight is 427 g/mol. The number of ether oxygens (including phenoxy) is 3. The Hall–Kier alpha value is -3.22. The van der Waals surface area contributed by atoms with Crippen LogP contribution in [0.1, 0.15) is 41.7 Å². The fourth-order valence-corrected chi connectivity index (χ4v) is 3.86. The molecule has 31 heavy (non-hydrogen) atoms. The molecular formula is C24H30N2O5. The molecule has 0 aliphatic carbocycles. The first-order valence-electron chi connectivity index (χ1n) is 10.5. The van der Waals surface area contributed by atoms with Crippen LogP contribution in [0.4, 0.5) is 0 Å². The van der Waals surface area contributed by atoms with Gasteiger partial charge in [0.05, 0.1) is 20.8 Å². The molecule has 3 rings (SSSR count). The minimum atomic E-state index is -0.411. The number of aromatic nitrogens is 1. The maximum absolute atomic E-state index is 12.9. The van der Waals surface area contributed by atoms with Crippen LogP contribution in [0, 0.1) is 0 Å². The molecule has 1 unspecified atom stereocenters. The summed E-state index contributed by atoms with van der Waals surface area (Å²) in [7, 11) is 5.01. The van der Waals surface area contributed by atoms with Gasteiger partial charge in [-0.25, -0.2) is 4.79 Å². The second kappa shape index (κ2) is 10.7. The fourth-order valence-electron chi connectivity index (χ4n) is 3.86. The number of aryl methyl sites for hydroxylation is 1. The van der Waals surface area contributed by atoms with Crippen molar-refractivity contribution in [3.63, 3.8) is 0 Å². The Labute approximate surface area is 183 Å². The SMILES string of the molecule is COc1ccc(/C=C/C(=O)OCCC2CCCCN2C(=O)c2cccn2C)cc1OC. The summed E-state index contributed by atoms with van der Waals surface area (Å²) in [4.78, 5) is 27.0. The van der Waals surface area contributed by atoms with E-state index in [9.17, 15) is 9.59 Å². The number of amides is 1. The quantitative estimate of drug-likeness (QED) is 0.476. The van der Waals surface area contributed by atoms with Crippen LogP contribution in [0.25, 0.3) is 6.08 Å². The number of likely N-dealkylation sites (tertiary alicyclic amines) is 1. The summed E-state index contributed by atoms with van der Waals surface area (Å²) < 4.78 is 17.7. The summed E-state index contributed by atoms with van der Waals surface area (Å²) in [5.74, 6) is 0.852. The Morgan fingerprint density at radius 2 is 1.94 bits per heavy atom. The van der Waals surface area contributed by atoms with Gasteiger partial charge in [-0.15, -0.1) is 0 Å². The molecular weight excluding hydrogens is 396 g/mol. The van der Waals surface area contributed by atoms with Crippen LogP contribution in [0.15, 0.2) is 42.6 Å². The smallest absolute Gasteiger partial charge is 0.330 e. The normalized spacial score (nSPS) is 16.4. The van der Waals surface area contributed by atoms with Crippen LogP contribution in [0.2, 0.25) is 0 Å². The number of carbonyl (C=O) groups is 2. The van der Waals surface area contributed by atoms with Crippen molar-refractivity contribution in [2.75, 3.05) is 27.4 Å². The van der Waals surface area contributed by atoms with Crippen molar-refractivity contribution < 1.29 is 23.8 Å². The molecule has 1 aliphatic heterocycles. The number of hydrogen-bond donors (Lipinski definition) is 0. The number of methoxy groups -OCH3 is 2. The molecule has 0 N–H and O–H groups in total. The molecule has 0 spiro atoms. The van der Waals surface area contributed by atoms with Gasteiger partial charge in [-0.1, -0.05) is 6.07 Å². The molecule has 2 heterocycles. The Kier molecular flexibility index (Phi) is 7.76. The maximum atomic E-state index is 12.9. The second-order valence-corrected chi connectivity index (χ2v) is 7.56. The predicted octanol–water partition coefficient (Wildman–Crippen LogP) is 3.68. The largest absolute Gasteiger partial charge is 0.493 e. The van der Waals surface area contributed by atoms with E-state index in [0.29, 0.717) is 23.6 Å². The highest BCUT2D eigenvalue weighted by Crippen LogP contribution is 2.28. The molecule has 0 bridgehead atoms. The number of esters is 1. The molecule has 2 aromatic rings. The van der Waals surface area contributed by atoms with Crippen molar-refractivity contribution in [1.82, 2.24) is 9.47 Å². The second-order valence-electron chi connectivity index (χ2n) is 7.56. The summed E-state index contributed by atoms with van der Waals surface area (Å²) in [6.45, 7) is 1.01. The molecule has 0 radical (unpaired) electrons. The molecule has 7 heteroatoms. The average Bonchev–Trinajstić information content (AvgIpc) is 3.23. The van der Waals surface area contributed by atoms with Gasteiger partial charge in [0.25, 0.3) is 5.91 Å². The molecule has 1 aromatic heterocycles. The molecule has 166 valence electrons. The minimum Gasteiger partial charge on any atom is -0.493 e. The predicted molar refractivity (Wildman–Crippen MR) is 118 cm³/mol. The van der Waals surface area contributed by atoms with E-state index in [0.717, 1.165) is 31.4 Å². The third kappa shape index (κ3) is 5.69. The van der Waals surface area contributed by atoms with Crippen LogP contribution in [-0.4, -0.2) is 54.8 Å². The van der Waals surface area contributed by atoms with Crippen LogP contribution >= 0.6 is 0 Å².